The van der Waals surface area contributed by atoms with E-state index in [1.807, 2.05) is 0 Å². The lowest BCUT2D eigenvalue weighted by Crippen LogP contribution is -2.29. The summed E-state index contributed by atoms with van der Waals surface area (Å²) in [5.74, 6) is 0. The minimum absolute atomic E-state index is 0.715. The summed E-state index contributed by atoms with van der Waals surface area (Å²) in [6.07, 6.45) is 0. The minimum Gasteiger partial charge on any atom is -0.456 e. The van der Waals surface area contributed by atoms with Crippen molar-refractivity contribution >= 4 is 221 Å². The van der Waals surface area contributed by atoms with Gasteiger partial charge in [-0.25, -0.2) is 0 Å². The zero-order valence-corrected chi connectivity index (χ0v) is 81.4. The van der Waals surface area contributed by atoms with Crippen molar-refractivity contribution in [3.05, 3.63) is 568 Å². The summed E-state index contributed by atoms with van der Waals surface area (Å²) < 4.78 is 16.4. The molecule has 1 aliphatic rings. The van der Waals surface area contributed by atoms with Crippen LogP contribution < -0.4 is 19.6 Å². The second-order valence-corrected chi connectivity index (χ2v) is 39.8. The van der Waals surface area contributed by atoms with E-state index in [-0.39, 0.29) is 0 Å². The van der Waals surface area contributed by atoms with Crippen LogP contribution in [0.1, 0.15) is 22.3 Å². The first-order valence-electron chi connectivity index (χ1n) is 51.6. The molecule has 0 spiro atoms. The van der Waals surface area contributed by atoms with Crippen LogP contribution >= 0.6 is 0 Å². The van der Waals surface area contributed by atoms with E-state index >= 15 is 0 Å². The maximum atomic E-state index is 6.68. The van der Waals surface area contributed by atoms with Gasteiger partial charge < -0.3 is 42.3 Å². The molecule has 0 amide bonds. The maximum Gasteiger partial charge on any atom is 0.135 e. The summed E-state index contributed by atoms with van der Waals surface area (Å²) in [6.45, 7) is 0. The van der Waals surface area contributed by atoms with Crippen LogP contribution in [0.25, 0.3) is 186 Å². The molecule has 1 aliphatic carbocycles. The van der Waals surface area contributed by atoms with Crippen LogP contribution in [0.3, 0.4) is 0 Å². The van der Waals surface area contributed by atoms with E-state index in [2.05, 4.69) is 584 Å². The fourth-order valence-corrected chi connectivity index (χ4v) is 25.5. The molecule has 0 aliphatic heterocycles. The van der Waals surface area contributed by atoms with Gasteiger partial charge in [-0.3, -0.25) is 0 Å². The Kier molecular flexibility index (Phi) is 18.9. The Labute approximate surface area is 864 Å². The Morgan fingerprint density at radius 1 is 0.153 bits per heavy atom. The maximum absolute atomic E-state index is 6.68. The van der Waals surface area contributed by atoms with Crippen LogP contribution in [-0.2, 0) is 5.41 Å². The fraction of sp³-hybridized carbons (Fsp3) is 0.00709. The molecule has 0 atom stereocenters. The number of rotatable bonds is 18. The Morgan fingerprint density at radius 3 is 0.647 bits per heavy atom. The lowest BCUT2D eigenvalue weighted by Gasteiger charge is -2.35. The highest BCUT2D eigenvalue weighted by molar-refractivity contribution is 6.30. The molecule has 0 radical (unpaired) electrons. The lowest BCUT2D eigenvalue weighted by atomic mass is 9.67. The van der Waals surface area contributed by atoms with Crippen molar-refractivity contribution in [2.75, 3.05) is 19.6 Å². The van der Waals surface area contributed by atoms with E-state index in [1.54, 1.807) is 0 Å². The molecule has 0 unspecified atom stereocenters. The molecular formula is C141H90N8O. The Morgan fingerprint density at radius 2 is 0.380 bits per heavy atom. The number of para-hydroxylation sites is 8. The fourth-order valence-electron chi connectivity index (χ4n) is 25.5. The van der Waals surface area contributed by atoms with Crippen LogP contribution in [0.4, 0.5) is 68.2 Å². The molecule has 0 N–H and O–H groups in total. The van der Waals surface area contributed by atoms with Crippen LogP contribution in [-0.4, -0.2) is 18.3 Å². The molecule has 5 aromatic heterocycles. The molecule has 9 nitrogen and oxygen atoms in total. The molecule has 0 saturated heterocycles. The summed E-state index contributed by atoms with van der Waals surface area (Å²) in [4.78, 5) is 9.70. The van der Waals surface area contributed by atoms with Crippen LogP contribution in [0.2, 0.25) is 0 Å². The van der Waals surface area contributed by atoms with Crippen LogP contribution in [0, 0.1) is 0 Å². The number of hydrogen-bond donors (Lipinski definition) is 0. The van der Waals surface area contributed by atoms with Gasteiger partial charge in [0.1, 0.15) is 11.2 Å². The number of nitrogens with zero attached hydrogens (tertiary/aromatic N) is 8. The Balaban J connectivity index is 0.000000137. The topological polar surface area (TPSA) is 45.8 Å². The Hall–Kier alpha value is -20.0. The number of furan rings is 1. The summed E-state index contributed by atoms with van der Waals surface area (Å²) in [7, 11) is 0. The average Bonchev–Trinajstić information content (AvgIpc) is 1.53. The first-order valence-corrected chi connectivity index (χ1v) is 51.6. The van der Waals surface area contributed by atoms with Gasteiger partial charge in [-0.15, -0.1) is 0 Å². The zero-order chi connectivity index (χ0) is 98.3. The molecule has 0 saturated carbocycles. The SMILES string of the molecule is c1ccc(N(c2ccc3c(c2)C(c2ccccc2)(c2ccccc2)c2cc(N(c4ccccc4)c4cc5ccc6cccc7c6c5c(c4)n7-c4ccccc4)ccc2-3)c2cc3ccc4cccc5c4c3c(c2)n5-c2ccccc2)cc1.c1ccc(N(c2ccc3oc4ccc(N(c5ccccc5)c5cc6ccc7cccc8c7c6c(c5)n8-c5ccccc5)cc4c3c2)c2cc3ccc4cccc5c4c3c(c2)n5-c2ccccc2)cc1. The van der Waals surface area contributed by atoms with Gasteiger partial charge in [0.2, 0.25) is 0 Å². The second-order valence-electron chi connectivity index (χ2n) is 39.8. The van der Waals surface area contributed by atoms with E-state index in [0.29, 0.717) is 0 Å². The number of anilines is 12. The predicted octanol–water partition coefficient (Wildman–Crippen LogP) is 38.3. The summed E-state index contributed by atoms with van der Waals surface area (Å²) in [6, 6.07) is 200. The monoisotopic (exact) mass is 1910 g/mol. The molecule has 26 aromatic carbocycles. The summed E-state index contributed by atoms with van der Waals surface area (Å²) >= 11 is 0. The molecule has 32 rings (SSSR count). The van der Waals surface area contributed by atoms with Gasteiger partial charge in [-0.2, -0.15) is 0 Å². The van der Waals surface area contributed by atoms with Gasteiger partial charge in [-0.1, -0.05) is 315 Å². The average molecular weight is 1910 g/mol. The van der Waals surface area contributed by atoms with Crippen molar-refractivity contribution in [3.8, 4) is 33.9 Å². The molecule has 31 aromatic rings. The van der Waals surface area contributed by atoms with Gasteiger partial charge in [0.25, 0.3) is 0 Å². The quantitative estimate of drug-likeness (QED) is 0.0801. The van der Waals surface area contributed by atoms with E-state index in [1.165, 1.54) is 164 Å². The molecular weight excluding hydrogens is 1820 g/mol. The minimum atomic E-state index is -0.715. The highest BCUT2D eigenvalue weighted by atomic mass is 16.3. The number of benzene rings is 26. The molecule has 150 heavy (non-hydrogen) atoms. The third-order valence-electron chi connectivity index (χ3n) is 31.7. The van der Waals surface area contributed by atoms with Gasteiger partial charge >= 0.3 is 0 Å². The molecule has 5 heterocycles. The number of aromatic nitrogens is 4. The lowest BCUT2D eigenvalue weighted by molar-refractivity contribution is 0.669. The van der Waals surface area contributed by atoms with Crippen molar-refractivity contribution in [2.45, 2.75) is 5.41 Å². The molecule has 700 valence electrons. The third kappa shape index (κ3) is 12.9. The van der Waals surface area contributed by atoms with Crippen molar-refractivity contribution in [1.82, 2.24) is 18.3 Å². The van der Waals surface area contributed by atoms with E-state index in [9.17, 15) is 0 Å². The normalized spacial score (nSPS) is 12.5. The highest BCUT2D eigenvalue weighted by Gasteiger charge is 2.47. The van der Waals surface area contributed by atoms with Crippen LogP contribution in [0.5, 0.6) is 0 Å². The zero-order valence-electron chi connectivity index (χ0n) is 81.4. The smallest absolute Gasteiger partial charge is 0.135 e. The van der Waals surface area contributed by atoms with Crippen LogP contribution in [0.15, 0.2) is 550 Å². The highest BCUT2D eigenvalue weighted by Crippen LogP contribution is 2.61. The number of fused-ring (bicyclic) bond motifs is 6. The molecule has 9 heteroatoms. The third-order valence-corrected chi connectivity index (χ3v) is 31.7. The second kappa shape index (κ2) is 33.5. The summed E-state index contributed by atoms with van der Waals surface area (Å²) in [5, 5.41) is 22.2. The number of hydrogen-bond acceptors (Lipinski definition) is 5. The molecule has 0 fully saturated rings. The van der Waals surface area contributed by atoms with E-state index < -0.39 is 5.41 Å². The molecule has 0 bridgehead atoms. The van der Waals surface area contributed by atoms with E-state index in [4.69, 9.17) is 4.42 Å². The van der Waals surface area contributed by atoms with Crippen molar-refractivity contribution in [2.24, 2.45) is 0 Å². The first kappa shape index (κ1) is 84.5. The van der Waals surface area contributed by atoms with Gasteiger partial charge in [0.05, 0.1) is 49.5 Å². The van der Waals surface area contributed by atoms with Gasteiger partial charge in [0, 0.05) is 145 Å². The van der Waals surface area contributed by atoms with E-state index in [0.717, 1.165) is 113 Å². The standard InChI is InChI=1S/C77H50N4.C64H40N4O/c1-7-23-55(24-8-1)77(56-25-9-2-10-26-56)67-47-61(78(57-27-11-3-12-28-57)63-45-53-39-37-51-21-19-35-69-73(51)75(53)71(49-63)80(69)59-31-15-5-16-32-59)41-43-65(67)66-44-42-62(48-68(66)77)79(58-29-13-4-14-30-58)64-46-54-40-38-52-22-20-36-70-74(52)76(54)72(50-64)81(70)60-33-17-6-18-34-60;1-5-17-45(18-6-1)65(51-35-43-29-27-41-15-13-25-55-61(41)63(43)57(39-51)67(55)47-21-9-3-10-22-47)49-31-33-59-53(37-49)54-38-50(32-34-60(54)69-59)66(46-19-7-2-8-20-46)52-36-44-30-28-42-16-14-26-56-62(42)64(44)58(40-52)68(56)48-23-11-4-12-24-48/h1-50H;1-40H. The Bertz CT molecular complexity index is 10100. The van der Waals surface area contributed by atoms with Crippen molar-refractivity contribution in [3.63, 3.8) is 0 Å². The predicted molar refractivity (Wildman–Crippen MR) is 628 cm³/mol. The van der Waals surface area contributed by atoms with Crippen molar-refractivity contribution < 1.29 is 4.42 Å². The van der Waals surface area contributed by atoms with Crippen molar-refractivity contribution in [1.29, 1.82) is 0 Å². The van der Waals surface area contributed by atoms with Gasteiger partial charge in [-0.05, 0) is 307 Å². The van der Waals surface area contributed by atoms with Gasteiger partial charge in [0.15, 0.2) is 0 Å². The largest absolute Gasteiger partial charge is 0.456 e. The first-order chi connectivity index (χ1) is 74.4. The summed E-state index contributed by atoms with van der Waals surface area (Å²) in [5.41, 5.74) is 35.3.